The number of oxime groups is 1. The van der Waals surface area contributed by atoms with Gasteiger partial charge in [0.15, 0.2) is 0 Å². The van der Waals surface area contributed by atoms with Crippen molar-refractivity contribution in [2.24, 2.45) is 16.0 Å². The van der Waals surface area contributed by atoms with Crippen molar-refractivity contribution in [1.29, 1.82) is 0 Å². The minimum atomic E-state index is 0.277. The summed E-state index contributed by atoms with van der Waals surface area (Å²) >= 11 is 0. The third kappa shape index (κ3) is 3.79. The first-order valence-electron chi connectivity index (χ1n) is 4.88. The number of hydrogen-bond donors (Lipinski definition) is 1. The average Bonchev–Trinajstić information content (AvgIpc) is 1.98. The van der Waals surface area contributed by atoms with Crippen LogP contribution in [0.3, 0.4) is 0 Å². The maximum Gasteiger partial charge on any atom is 0.0540 e. The summed E-state index contributed by atoms with van der Waals surface area (Å²) < 4.78 is 0. The van der Waals surface area contributed by atoms with Gasteiger partial charge in [0.1, 0.15) is 0 Å². The van der Waals surface area contributed by atoms with Crippen molar-refractivity contribution >= 4 is 5.71 Å². The highest BCUT2D eigenvalue weighted by atomic mass is 16.4. The minimum Gasteiger partial charge on any atom is -0.411 e. The molecule has 0 heterocycles. The van der Waals surface area contributed by atoms with Gasteiger partial charge in [-0.25, -0.2) is 0 Å². The van der Waals surface area contributed by atoms with Crippen molar-refractivity contribution in [3.63, 3.8) is 0 Å². The lowest BCUT2D eigenvalue weighted by atomic mass is 9.67. The van der Waals surface area contributed by atoms with E-state index in [1.54, 1.807) is 0 Å². The Kier molecular flexibility index (Phi) is 3.95. The molecule has 1 N–H and O–H groups in total. The Hall–Kier alpha value is -0.530. The second-order valence-corrected chi connectivity index (χ2v) is 5.47. The van der Waals surface area contributed by atoms with Gasteiger partial charge < -0.3 is 5.21 Å². The highest BCUT2D eigenvalue weighted by Crippen LogP contribution is 2.41. The molecule has 2 heteroatoms. The molecular weight excluding hydrogens is 162 g/mol. The summed E-state index contributed by atoms with van der Waals surface area (Å²) in [6, 6.07) is 0. The van der Waals surface area contributed by atoms with Crippen molar-refractivity contribution < 1.29 is 5.21 Å². The van der Waals surface area contributed by atoms with Crippen LogP contribution in [0.15, 0.2) is 5.16 Å². The molecule has 0 bridgehead atoms. The van der Waals surface area contributed by atoms with Crippen molar-refractivity contribution in [2.45, 2.75) is 54.4 Å². The standard InChI is InChI=1S/C11H23NO/c1-9(12-13)7-8-11(5,6)10(2,3)4/h13H,7-8H2,1-6H3. The number of hydrogen-bond acceptors (Lipinski definition) is 2. The number of nitrogens with zero attached hydrogens (tertiary/aromatic N) is 1. The summed E-state index contributed by atoms with van der Waals surface area (Å²) in [6.45, 7) is 13.1. The second-order valence-electron chi connectivity index (χ2n) is 5.47. The van der Waals surface area contributed by atoms with Gasteiger partial charge in [0.25, 0.3) is 0 Å². The molecule has 0 fully saturated rings. The van der Waals surface area contributed by atoms with Gasteiger partial charge in [-0.1, -0.05) is 39.8 Å². The van der Waals surface area contributed by atoms with E-state index in [2.05, 4.69) is 39.8 Å². The number of rotatable bonds is 3. The fourth-order valence-corrected chi connectivity index (χ4v) is 0.918. The lowest BCUT2D eigenvalue weighted by Gasteiger charge is -2.39. The molecule has 0 saturated carbocycles. The highest BCUT2D eigenvalue weighted by Gasteiger charge is 2.32. The summed E-state index contributed by atoms with van der Waals surface area (Å²) in [5.74, 6) is 0. The van der Waals surface area contributed by atoms with Gasteiger partial charge >= 0.3 is 0 Å². The van der Waals surface area contributed by atoms with E-state index < -0.39 is 0 Å². The zero-order chi connectivity index (χ0) is 10.7. The molecular formula is C11H23NO. The van der Waals surface area contributed by atoms with Crippen LogP contribution in [0, 0.1) is 10.8 Å². The van der Waals surface area contributed by atoms with Crippen LogP contribution in [0.4, 0.5) is 0 Å². The van der Waals surface area contributed by atoms with Gasteiger partial charge in [0, 0.05) is 0 Å². The zero-order valence-corrected chi connectivity index (χ0v) is 9.81. The lowest BCUT2D eigenvalue weighted by molar-refractivity contribution is 0.122. The SMILES string of the molecule is CC(CCC(C)(C)C(C)(C)C)=NO. The first-order chi connectivity index (χ1) is 5.70. The van der Waals surface area contributed by atoms with E-state index in [1.165, 1.54) is 0 Å². The van der Waals surface area contributed by atoms with E-state index in [0.29, 0.717) is 5.41 Å². The Morgan fingerprint density at radius 1 is 1.15 bits per heavy atom. The first-order valence-corrected chi connectivity index (χ1v) is 4.88. The summed E-state index contributed by atoms with van der Waals surface area (Å²) in [7, 11) is 0. The summed E-state index contributed by atoms with van der Waals surface area (Å²) in [5, 5.41) is 11.7. The predicted octanol–water partition coefficient (Wildman–Crippen LogP) is 3.69. The molecule has 0 aliphatic rings. The van der Waals surface area contributed by atoms with E-state index in [9.17, 15) is 0 Å². The normalized spacial score (nSPS) is 14.8. The molecule has 0 saturated heterocycles. The van der Waals surface area contributed by atoms with E-state index in [-0.39, 0.29) is 5.41 Å². The molecule has 0 aromatic rings. The Morgan fingerprint density at radius 3 is 1.92 bits per heavy atom. The molecule has 0 aromatic carbocycles. The fourth-order valence-electron chi connectivity index (χ4n) is 0.918. The summed E-state index contributed by atoms with van der Waals surface area (Å²) in [6.07, 6.45) is 1.94. The Morgan fingerprint density at radius 2 is 1.62 bits per heavy atom. The van der Waals surface area contributed by atoms with Gasteiger partial charge in [-0.3, -0.25) is 0 Å². The molecule has 2 nitrogen and oxygen atoms in total. The maximum absolute atomic E-state index is 8.52. The first kappa shape index (κ1) is 12.5. The van der Waals surface area contributed by atoms with Crippen LogP contribution >= 0.6 is 0 Å². The molecule has 0 rings (SSSR count). The molecule has 13 heavy (non-hydrogen) atoms. The Balaban J connectivity index is 4.20. The van der Waals surface area contributed by atoms with E-state index in [4.69, 9.17) is 5.21 Å². The molecule has 0 aromatic heterocycles. The van der Waals surface area contributed by atoms with Gasteiger partial charge in [-0.2, -0.15) is 0 Å². The predicted molar refractivity (Wildman–Crippen MR) is 57.4 cm³/mol. The molecule has 0 aliphatic heterocycles. The molecule has 0 radical (unpaired) electrons. The highest BCUT2D eigenvalue weighted by molar-refractivity contribution is 5.81. The topological polar surface area (TPSA) is 32.6 Å². The summed E-state index contributed by atoms with van der Waals surface area (Å²) in [5.41, 5.74) is 1.39. The smallest absolute Gasteiger partial charge is 0.0540 e. The minimum absolute atomic E-state index is 0.277. The third-order valence-electron chi connectivity index (χ3n) is 3.31. The van der Waals surface area contributed by atoms with Crippen molar-refractivity contribution in [2.75, 3.05) is 0 Å². The molecule has 78 valence electrons. The van der Waals surface area contributed by atoms with E-state index in [1.807, 2.05) is 6.92 Å². The molecule has 0 atom stereocenters. The second kappa shape index (κ2) is 4.12. The van der Waals surface area contributed by atoms with E-state index in [0.717, 1.165) is 18.6 Å². The average molecular weight is 185 g/mol. The largest absolute Gasteiger partial charge is 0.411 e. The maximum atomic E-state index is 8.52. The van der Waals surface area contributed by atoms with Crippen molar-refractivity contribution in [1.82, 2.24) is 0 Å². The van der Waals surface area contributed by atoms with Crippen LogP contribution in [-0.4, -0.2) is 10.9 Å². The van der Waals surface area contributed by atoms with Gasteiger partial charge in [-0.05, 0) is 30.6 Å². The zero-order valence-electron chi connectivity index (χ0n) is 9.81. The molecule has 0 spiro atoms. The Bertz CT molecular complexity index is 187. The Labute approximate surface area is 82.0 Å². The van der Waals surface area contributed by atoms with Crippen LogP contribution in [0.2, 0.25) is 0 Å². The van der Waals surface area contributed by atoms with Crippen LogP contribution in [0.25, 0.3) is 0 Å². The van der Waals surface area contributed by atoms with Crippen molar-refractivity contribution in [3.05, 3.63) is 0 Å². The monoisotopic (exact) mass is 185 g/mol. The molecule has 0 aliphatic carbocycles. The third-order valence-corrected chi connectivity index (χ3v) is 3.31. The fraction of sp³-hybridized carbons (Fsp3) is 0.909. The van der Waals surface area contributed by atoms with Gasteiger partial charge in [0.05, 0.1) is 5.71 Å². The molecule has 0 amide bonds. The van der Waals surface area contributed by atoms with Gasteiger partial charge in [0.2, 0.25) is 0 Å². The van der Waals surface area contributed by atoms with E-state index >= 15 is 0 Å². The molecule has 0 unspecified atom stereocenters. The van der Waals surface area contributed by atoms with Gasteiger partial charge in [-0.15, -0.1) is 0 Å². The van der Waals surface area contributed by atoms with Crippen molar-refractivity contribution in [3.8, 4) is 0 Å². The summed E-state index contributed by atoms with van der Waals surface area (Å²) in [4.78, 5) is 0. The van der Waals surface area contributed by atoms with Crippen LogP contribution in [0.5, 0.6) is 0 Å². The lowest BCUT2D eigenvalue weighted by Crippen LogP contribution is -2.29. The van der Waals surface area contributed by atoms with Crippen LogP contribution in [0.1, 0.15) is 54.4 Å². The quantitative estimate of drug-likeness (QED) is 0.406. The van der Waals surface area contributed by atoms with Crippen LogP contribution < -0.4 is 0 Å². The van der Waals surface area contributed by atoms with Crippen LogP contribution in [-0.2, 0) is 0 Å².